The molecule has 1 heterocycles. The Morgan fingerprint density at radius 1 is 1.26 bits per heavy atom. The lowest BCUT2D eigenvalue weighted by molar-refractivity contribution is -0.146. The number of piperidine rings is 1. The quantitative estimate of drug-likeness (QED) is 0.760. The van der Waals surface area contributed by atoms with Gasteiger partial charge in [-0.15, -0.1) is 0 Å². The minimum atomic E-state index is -0.635. The van der Waals surface area contributed by atoms with E-state index in [0.717, 1.165) is 38.8 Å². The van der Waals surface area contributed by atoms with Crippen LogP contribution in [0.3, 0.4) is 0 Å². The summed E-state index contributed by atoms with van der Waals surface area (Å²) in [6.45, 7) is 6.78. The van der Waals surface area contributed by atoms with Crippen LogP contribution in [0, 0.1) is 0 Å². The van der Waals surface area contributed by atoms with Gasteiger partial charge in [0.2, 0.25) is 0 Å². The number of carbonyl (C=O) groups excluding carboxylic acids is 1. The van der Waals surface area contributed by atoms with E-state index in [4.69, 9.17) is 4.74 Å². The molecule has 0 unspecified atom stereocenters. The maximum Gasteiger partial charge on any atom is 0.252 e. The van der Waals surface area contributed by atoms with Gasteiger partial charge in [0.25, 0.3) is 5.91 Å². The van der Waals surface area contributed by atoms with Crippen LogP contribution in [0.5, 0.6) is 0 Å². The lowest BCUT2D eigenvalue weighted by Crippen LogP contribution is -2.54. The van der Waals surface area contributed by atoms with Crippen molar-refractivity contribution >= 4 is 5.91 Å². The molecule has 0 aliphatic carbocycles. The summed E-state index contributed by atoms with van der Waals surface area (Å²) in [6.07, 6.45) is 3.42. The normalized spacial score (nSPS) is 17.2. The van der Waals surface area contributed by atoms with Crippen molar-refractivity contribution in [3.8, 4) is 0 Å². The van der Waals surface area contributed by atoms with Crippen LogP contribution in [-0.2, 0) is 16.0 Å². The van der Waals surface area contributed by atoms with Crippen molar-refractivity contribution in [1.29, 1.82) is 0 Å². The molecule has 0 atom stereocenters. The van der Waals surface area contributed by atoms with Crippen LogP contribution in [0.25, 0.3) is 0 Å². The fourth-order valence-electron chi connectivity index (χ4n) is 3.08. The van der Waals surface area contributed by atoms with E-state index < -0.39 is 5.60 Å². The second kappa shape index (κ2) is 8.46. The standard InChI is InChI=1S/C19H30N2O2/c1-15(2)17-8-6-16(7-9-17)5-4-12-21-18(22)19(23-3)10-13-20-14-11-19/h6-9,15,20H,4-5,10-14H2,1-3H3,(H,21,22). The zero-order valence-corrected chi connectivity index (χ0v) is 14.7. The molecule has 4 nitrogen and oxygen atoms in total. The molecule has 1 saturated heterocycles. The third-order valence-electron chi connectivity index (χ3n) is 4.79. The summed E-state index contributed by atoms with van der Waals surface area (Å²) in [4.78, 5) is 12.4. The van der Waals surface area contributed by atoms with E-state index in [-0.39, 0.29) is 5.91 Å². The number of rotatable bonds is 7. The Kier molecular flexibility index (Phi) is 6.60. The topological polar surface area (TPSA) is 50.4 Å². The van der Waals surface area contributed by atoms with Crippen LogP contribution in [0.4, 0.5) is 0 Å². The summed E-state index contributed by atoms with van der Waals surface area (Å²) in [5.41, 5.74) is 2.06. The summed E-state index contributed by atoms with van der Waals surface area (Å²) < 4.78 is 5.54. The van der Waals surface area contributed by atoms with Crippen LogP contribution in [0.2, 0.25) is 0 Å². The van der Waals surface area contributed by atoms with Gasteiger partial charge in [-0.25, -0.2) is 0 Å². The van der Waals surface area contributed by atoms with E-state index in [9.17, 15) is 4.79 Å². The first-order valence-electron chi connectivity index (χ1n) is 8.70. The Morgan fingerprint density at radius 3 is 2.48 bits per heavy atom. The number of carbonyl (C=O) groups is 1. The van der Waals surface area contributed by atoms with Crippen LogP contribution >= 0.6 is 0 Å². The average Bonchev–Trinajstić information content (AvgIpc) is 2.59. The lowest BCUT2D eigenvalue weighted by atomic mass is 9.91. The number of amides is 1. The van der Waals surface area contributed by atoms with Gasteiger partial charge in [0.05, 0.1) is 0 Å². The smallest absolute Gasteiger partial charge is 0.252 e. The van der Waals surface area contributed by atoms with E-state index in [0.29, 0.717) is 12.5 Å². The van der Waals surface area contributed by atoms with Crippen LogP contribution in [-0.4, -0.2) is 38.3 Å². The Morgan fingerprint density at radius 2 is 1.91 bits per heavy atom. The molecule has 1 aromatic carbocycles. The molecule has 1 aliphatic rings. The monoisotopic (exact) mass is 318 g/mol. The Balaban J connectivity index is 1.75. The highest BCUT2D eigenvalue weighted by Gasteiger charge is 2.39. The van der Waals surface area contributed by atoms with Crippen molar-refractivity contribution in [2.75, 3.05) is 26.7 Å². The van der Waals surface area contributed by atoms with E-state index in [1.165, 1.54) is 11.1 Å². The highest BCUT2D eigenvalue weighted by molar-refractivity contribution is 5.85. The molecular weight excluding hydrogens is 288 g/mol. The molecule has 2 N–H and O–H groups in total. The van der Waals surface area contributed by atoms with Gasteiger partial charge in [-0.3, -0.25) is 4.79 Å². The summed E-state index contributed by atoms with van der Waals surface area (Å²) in [7, 11) is 1.64. The van der Waals surface area contributed by atoms with Gasteiger partial charge in [-0.2, -0.15) is 0 Å². The van der Waals surface area contributed by atoms with E-state index >= 15 is 0 Å². The zero-order valence-electron chi connectivity index (χ0n) is 14.7. The minimum Gasteiger partial charge on any atom is -0.368 e. The average molecular weight is 318 g/mol. The molecule has 2 rings (SSSR count). The van der Waals surface area contributed by atoms with E-state index in [2.05, 4.69) is 48.7 Å². The van der Waals surface area contributed by atoms with Gasteiger partial charge in [-0.1, -0.05) is 38.1 Å². The third-order valence-corrected chi connectivity index (χ3v) is 4.79. The Labute approximate surface area is 140 Å². The predicted octanol–water partition coefficient (Wildman–Crippen LogP) is 2.63. The number of benzene rings is 1. The van der Waals surface area contributed by atoms with Gasteiger partial charge in [0.15, 0.2) is 0 Å². The minimum absolute atomic E-state index is 0.0386. The van der Waals surface area contributed by atoms with Gasteiger partial charge in [-0.05, 0) is 55.8 Å². The van der Waals surface area contributed by atoms with Crippen LogP contribution in [0.15, 0.2) is 24.3 Å². The third kappa shape index (κ3) is 4.79. The maximum atomic E-state index is 12.4. The number of hydrogen-bond donors (Lipinski definition) is 2. The molecule has 0 saturated carbocycles. The number of nitrogens with one attached hydrogen (secondary N) is 2. The number of aryl methyl sites for hydroxylation is 1. The maximum absolute atomic E-state index is 12.4. The number of methoxy groups -OCH3 is 1. The predicted molar refractivity (Wildman–Crippen MR) is 93.7 cm³/mol. The Bertz CT molecular complexity index is 491. The molecule has 1 aromatic rings. The molecule has 1 fully saturated rings. The van der Waals surface area contributed by atoms with Crippen molar-refractivity contribution in [3.05, 3.63) is 35.4 Å². The summed E-state index contributed by atoms with van der Waals surface area (Å²) in [5.74, 6) is 0.607. The van der Waals surface area contributed by atoms with Gasteiger partial charge in [0, 0.05) is 13.7 Å². The number of ether oxygens (including phenoxy) is 1. The van der Waals surface area contributed by atoms with Crippen molar-refractivity contribution in [1.82, 2.24) is 10.6 Å². The first-order valence-corrected chi connectivity index (χ1v) is 8.70. The van der Waals surface area contributed by atoms with Crippen molar-refractivity contribution < 1.29 is 9.53 Å². The highest BCUT2D eigenvalue weighted by atomic mass is 16.5. The molecule has 23 heavy (non-hydrogen) atoms. The van der Waals surface area contributed by atoms with Gasteiger partial charge < -0.3 is 15.4 Å². The molecule has 0 radical (unpaired) electrons. The summed E-state index contributed by atoms with van der Waals surface area (Å²) in [5, 5.41) is 6.32. The molecule has 0 aromatic heterocycles. The summed E-state index contributed by atoms with van der Waals surface area (Å²) in [6, 6.07) is 8.79. The van der Waals surface area contributed by atoms with Crippen LogP contribution in [0.1, 0.15) is 50.2 Å². The van der Waals surface area contributed by atoms with Crippen molar-refractivity contribution in [3.63, 3.8) is 0 Å². The highest BCUT2D eigenvalue weighted by Crippen LogP contribution is 2.22. The molecular formula is C19H30N2O2. The first-order chi connectivity index (χ1) is 11.1. The first kappa shape index (κ1) is 18.0. The molecule has 128 valence electrons. The molecule has 1 amide bonds. The molecule has 4 heteroatoms. The van der Waals surface area contributed by atoms with Crippen molar-refractivity contribution in [2.24, 2.45) is 0 Å². The summed E-state index contributed by atoms with van der Waals surface area (Å²) >= 11 is 0. The van der Waals surface area contributed by atoms with E-state index in [1.807, 2.05) is 0 Å². The number of hydrogen-bond acceptors (Lipinski definition) is 3. The molecule has 0 spiro atoms. The second-order valence-electron chi connectivity index (χ2n) is 6.70. The van der Waals surface area contributed by atoms with Gasteiger partial charge in [0.1, 0.15) is 5.60 Å². The lowest BCUT2D eigenvalue weighted by Gasteiger charge is -2.34. The van der Waals surface area contributed by atoms with Crippen LogP contribution < -0.4 is 10.6 Å². The fraction of sp³-hybridized carbons (Fsp3) is 0.632. The van der Waals surface area contributed by atoms with E-state index in [1.54, 1.807) is 7.11 Å². The fourth-order valence-corrected chi connectivity index (χ4v) is 3.08. The largest absolute Gasteiger partial charge is 0.368 e. The molecule has 1 aliphatic heterocycles. The molecule has 0 bridgehead atoms. The SMILES string of the molecule is COC1(C(=O)NCCCc2ccc(C(C)C)cc2)CCNCC1. The van der Waals surface area contributed by atoms with Gasteiger partial charge >= 0.3 is 0 Å². The second-order valence-corrected chi connectivity index (χ2v) is 6.70. The zero-order chi connectivity index (χ0) is 16.7. The van der Waals surface area contributed by atoms with Crippen molar-refractivity contribution in [2.45, 2.75) is 51.0 Å². The Hall–Kier alpha value is -1.39.